The molecule has 9 heteroatoms. The summed E-state index contributed by atoms with van der Waals surface area (Å²) in [5.74, 6) is 2.10. The predicted molar refractivity (Wildman–Crippen MR) is 117 cm³/mol. The van der Waals surface area contributed by atoms with Gasteiger partial charge in [-0.1, -0.05) is 51.9 Å². The first-order valence-electron chi connectivity index (χ1n) is 10.5. The number of rotatable bonds is 20. The van der Waals surface area contributed by atoms with Gasteiger partial charge in [-0.25, -0.2) is 4.57 Å². The summed E-state index contributed by atoms with van der Waals surface area (Å²) < 4.78 is 20.1. The molecule has 0 spiro atoms. The van der Waals surface area contributed by atoms with Crippen LogP contribution in [0, 0.1) is 0 Å². The molecule has 0 saturated heterocycles. The zero-order valence-electron chi connectivity index (χ0n) is 17.6. The molecule has 0 amide bonds. The molecule has 0 saturated carbocycles. The Hall–Kier alpha value is 0.340. The van der Waals surface area contributed by atoms with Gasteiger partial charge in [-0.15, -0.1) is 0 Å². The van der Waals surface area contributed by atoms with Crippen molar-refractivity contribution in [3.8, 4) is 0 Å². The van der Waals surface area contributed by atoms with Gasteiger partial charge in [0.2, 0.25) is 0 Å². The molecule has 0 radical (unpaired) electrons. The van der Waals surface area contributed by atoms with Crippen LogP contribution in [-0.2, 0) is 14.0 Å². The predicted octanol–water partition coefficient (Wildman–Crippen LogP) is 4.13. The fraction of sp³-hybridized carbons (Fsp3) is 1.00. The van der Waals surface area contributed by atoms with Crippen molar-refractivity contribution >= 4 is 19.6 Å². The van der Waals surface area contributed by atoms with Crippen LogP contribution >= 0.6 is 19.6 Å². The Labute approximate surface area is 175 Å². The van der Waals surface area contributed by atoms with E-state index in [0.717, 1.165) is 44.4 Å². The Morgan fingerprint density at radius 1 is 0.679 bits per heavy atom. The highest BCUT2D eigenvalue weighted by atomic mass is 32.2. The van der Waals surface area contributed by atoms with Gasteiger partial charge in [-0.3, -0.25) is 0 Å². The Morgan fingerprint density at radius 3 is 1.57 bits per heavy atom. The maximum absolute atomic E-state index is 8.88. The molecule has 4 N–H and O–H groups in total. The molecule has 0 aliphatic carbocycles. The van der Waals surface area contributed by atoms with Crippen LogP contribution in [-0.4, -0.2) is 64.3 Å². The number of aliphatic hydroxyl groups excluding tert-OH is 1. The molecule has 0 rings (SSSR count). The highest BCUT2D eigenvalue weighted by Gasteiger charge is 2.00. The number of ether oxygens (including phenoxy) is 2. The van der Waals surface area contributed by atoms with E-state index in [4.69, 9.17) is 33.8 Å². The van der Waals surface area contributed by atoms with Crippen LogP contribution in [0.2, 0.25) is 0 Å². The van der Waals surface area contributed by atoms with E-state index in [1.165, 1.54) is 64.2 Å². The minimum Gasteiger partial charge on any atom is -0.396 e. The van der Waals surface area contributed by atoms with Crippen molar-refractivity contribution in [2.45, 2.75) is 77.6 Å². The van der Waals surface area contributed by atoms with Crippen molar-refractivity contribution in [3.05, 3.63) is 0 Å². The van der Waals surface area contributed by atoms with Gasteiger partial charge in [0.05, 0.1) is 6.61 Å². The molecule has 0 heterocycles. The molecular formula is C19H43O7PS. The summed E-state index contributed by atoms with van der Waals surface area (Å²) in [7, 11) is -4.64. The largest absolute Gasteiger partial charge is 0.466 e. The highest BCUT2D eigenvalue weighted by molar-refractivity contribution is 7.99. The van der Waals surface area contributed by atoms with E-state index in [0.29, 0.717) is 6.61 Å². The maximum Gasteiger partial charge on any atom is 0.466 e. The van der Waals surface area contributed by atoms with E-state index in [2.05, 4.69) is 6.92 Å². The normalized spacial score (nSPS) is 11.3. The standard InChI is InChI=1S/C19H40O3S.H3O4P/c1-2-3-14-21-15-10-8-6-4-5-7-9-11-16-22-17-19-23-18-12-13-20;1-5(2,3)4/h20H,2-19H2,1H3;(H3,1,2,3,4). The molecular weight excluding hydrogens is 403 g/mol. The van der Waals surface area contributed by atoms with Crippen molar-refractivity contribution in [3.63, 3.8) is 0 Å². The summed E-state index contributed by atoms with van der Waals surface area (Å²) >= 11 is 1.87. The molecule has 0 unspecified atom stereocenters. The van der Waals surface area contributed by atoms with Crippen LogP contribution in [0.15, 0.2) is 0 Å². The second-order valence-corrected chi connectivity index (χ2v) is 8.86. The fourth-order valence-electron chi connectivity index (χ4n) is 2.31. The first kappa shape index (κ1) is 30.5. The number of aliphatic hydroxyl groups is 1. The summed E-state index contributed by atoms with van der Waals surface area (Å²) in [5.41, 5.74) is 0. The Balaban J connectivity index is 0. The van der Waals surface area contributed by atoms with Gasteiger partial charge in [-0.05, 0) is 31.4 Å². The van der Waals surface area contributed by atoms with E-state index in [1.54, 1.807) is 0 Å². The number of phosphoric acid groups is 1. The van der Waals surface area contributed by atoms with Crippen molar-refractivity contribution in [2.24, 2.45) is 0 Å². The molecule has 172 valence electrons. The molecule has 0 aliphatic heterocycles. The lowest BCUT2D eigenvalue weighted by molar-refractivity contribution is 0.127. The summed E-state index contributed by atoms with van der Waals surface area (Å²) in [4.78, 5) is 21.6. The van der Waals surface area contributed by atoms with Crippen molar-refractivity contribution in [2.75, 3.05) is 44.5 Å². The third kappa shape index (κ3) is 40.9. The van der Waals surface area contributed by atoms with Crippen molar-refractivity contribution < 1.29 is 33.8 Å². The second kappa shape index (κ2) is 25.4. The SMILES string of the molecule is CCCCOCCCCCCCCCCOCCSCCCO.O=P(O)(O)O. The van der Waals surface area contributed by atoms with Gasteiger partial charge in [0.1, 0.15) is 0 Å². The van der Waals surface area contributed by atoms with E-state index in [-0.39, 0.29) is 0 Å². The summed E-state index contributed by atoms with van der Waals surface area (Å²) in [6.45, 7) is 6.18. The molecule has 0 aromatic rings. The molecule has 0 fully saturated rings. The smallest absolute Gasteiger partial charge is 0.396 e. The van der Waals surface area contributed by atoms with Gasteiger partial charge in [0.25, 0.3) is 0 Å². The van der Waals surface area contributed by atoms with Gasteiger partial charge >= 0.3 is 7.82 Å². The maximum atomic E-state index is 8.88. The first-order chi connectivity index (χ1) is 13.4. The summed E-state index contributed by atoms with van der Waals surface area (Å²) in [6, 6.07) is 0. The quantitative estimate of drug-likeness (QED) is 0.163. The molecule has 0 aromatic heterocycles. The van der Waals surface area contributed by atoms with Crippen LogP contribution in [0.4, 0.5) is 0 Å². The molecule has 28 heavy (non-hydrogen) atoms. The summed E-state index contributed by atoms with van der Waals surface area (Å²) in [5, 5.41) is 8.66. The van der Waals surface area contributed by atoms with Crippen LogP contribution < -0.4 is 0 Å². The zero-order chi connectivity index (χ0) is 21.3. The molecule has 0 atom stereocenters. The van der Waals surface area contributed by atoms with Gasteiger partial charge < -0.3 is 29.3 Å². The van der Waals surface area contributed by atoms with E-state index < -0.39 is 7.82 Å². The van der Waals surface area contributed by atoms with Gasteiger partial charge in [-0.2, -0.15) is 11.8 Å². The lowest BCUT2D eigenvalue weighted by atomic mass is 10.1. The van der Waals surface area contributed by atoms with Gasteiger partial charge in [0.15, 0.2) is 0 Å². The average molecular weight is 447 g/mol. The number of hydrogen-bond acceptors (Lipinski definition) is 5. The van der Waals surface area contributed by atoms with Crippen LogP contribution in [0.1, 0.15) is 77.6 Å². The minimum atomic E-state index is -4.64. The lowest BCUT2D eigenvalue weighted by Crippen LogP contribution is -2.00. The number of thioether (sulfide) groups is 1. The number of hydrogen-bond donors (Lipinski definition) is 4. The number of unbranched alkanes of at least 4 members (excludes halogenated alkanes) is 8. The molecule has 0 aromatic carbocycles. The zero-order valence-corrected chi connectivity index (χ0v) is 19.3. The Bertz CT molecular complexity index is 301. The monoisotopic (exact) mass is 446 g/mol. The second-order valence-electron chi connectivity index (χ2n) is 6.61. The third-order valence-corrected chi connectivity index (χ3v) is 4.82. The minimum absolute atomic E-state index is 0.306. The average Bonchev–Trinajstić information content (AvgIpc) is 2.62. The van der Waals surface area contributed by atoms with Crippen LogP contribution in [0.25, 0.3) is 0 Å². The fourth-order valence-corrected chi connectivity index (χ4v) is 3.08. The van der Waals surface area contributed by atoms with E-state index in [9.17, 15) is 0 Å². The van der Waals surface area contributed by atoms with Crippen LogP contribution in [0.5, 0.6) is 0 Å². The van der Waals surface area contributed by atoms with E-state index >= 15 is 0 Å². The first-order valence-corrected chi connectivity index (χ1v) is 13.3. The molecule has 0 bridgehead atoms. The van der Waals surface area contributed by atoms with Crippen LogP contribution in [0.3, 0.4) is 0 Å². The van der Waals surface area contributed by atoms with Gasteiger partial charge in [0, 0.05) is 32.2 Å². The Morgan fingerprint density at radius 2 is 1.11 bits per heavy atom. The topological polar surface area (TPSA) is 116 Å². The molecule has 0 aliphatic rings. The third-order valence-electron chi connectivity index (χ3n) is 3.79. The summed E-state index contributed by atoms with van der Waals surface area (Å²) in [6.07, 6.45) is 13.8. The van der Waals surface area contributed by atoms with Crippen molar-refractivity contribution in [1.82, 2.24) is 0 Å². The highest BCUT2D eigenvalue weighted by Crippen LogP contribution is 2.25. The molecule has 7 nitrogen and oxygen atoms in total. The van der Waals surface area contributed by atoms with Crippen molar-refractivity contribution in [1.29, 1.82) is 0 Å². The Kier molecular flexibility index (Phi) is 27.7. The van der Waals surface area contributed by atoms with E-state index in [1.807, 2.05) is 11.8 Å². The lowest BCUT2D eigenvalue weighted by Gasteiger charge is -2.05.